The summed E-state index contributed by atoms with van der Waals surface area (Å²) in [5.41, 5.74) is 4.59. The van der Waals surface area contributed by atoms with E-state index in [0.717, 1.165) is 41.8 Å². The van der Waals surface area contributed by atoms with Crippen LogP contribution < -0.4 is 0 Å². The van der Waals surface area contributed by atoms with Gasteiger partial charge in [-0.3, -0.25) is 0 Å². The van der Waals surface area contributed by atoms with Crippen molar-refractivity contribution in [3.63, 3.8) is 0 Å². The average Bonchev–Trinajstić information content (AvgIpc) is 3.46. The fourth-order valence-electron chi connectivity index (χ4n) is 8.18. The Kier molecular flexibility index (Phi) is 9.26. The van der Waals surface area contributed by atoms with Gasteiger partial charge >= 0.3 is 0 Å². The second-order valence-corrected chi connectivity index (χ2v) is 14.5. The highest BCUT2D eigenvalue weighted by atomic mass is 32.1. The van der Waals surface area contributed by atoms with Crippen LogP contribution in [-0.2, 0) is 11.8 Å². The first kappa shape index (κ1) is 29.9. The van der Waals surface area contributed by atoms with Crippen LogP contribution in [0.2, 0.25) is 0 Å². The molecule has 4 saturated carbocycles. The fourth-order valence-corrected chi connectivity index (χ4v) is 9.33. The number of aromatic nitrogens is 1. The van der Waals surface area contributed by atoms with Crippen LogP contribution in [0.25, 0.3) is 0 Å². The SMILES string of the molecule is C=C1/C(=C\C=C2/CCC[C@]3(C)[C@@H]([C@@H](C)/C=C/[C@H](O)C4(c5nc(CCCCC)cs5)CC4)CC[C@@H]23)C[C@@H](O)CC1O. The smallest absolute Gasteiger partial charge is 0.102 e. The summed E-state index contributed by atoms with van der Waals surface area (Å²) in [5.74, 6) is 1.60. The Morgan fingerprint density at radius 1 is 1.15 bits per heavy atom. The predicted molar refractivity (Wildman–Crippen MR) is 165 cm³/mol. The first-order valence-electron chi connectivity index (χ1n) is 15.9. The Hall–Kier alpha value is -1.53. The van der Waals surface area contributed by atoms with E-state index >= 15 is 0 Å². The fraction of sp³-hybridized carbons (Fsp3) is 0.686. The molecule has 1 aromatic rings. The molecule has 0 radical (unpaired) electrons. The zero-order valence-electron chi connectivity index (χ0n) is 24.9. The molecule has 4 fully saturated rings. The van der Waals surface area contributed by atoms with E-state index in [2.05, 4.69) is 57.0 Å². The quantitative estimate of drug-likeness (QED) is 0.202. The Labute approximate surface area is 246 Å². The number of aliphatic hydroxyl groups is 3. The second kappa shape index (κ2) is 12.4. The van der Waals surface area contributed by atoms with Crippen LogP contribution in [0.1, 0.15) is 109 Å². The van der Waals surface area contributed by atoms with E-state index in [0.29, 0.717) is 30.6 Å². The van der Waals surface area contributed by atoms with Crippen LogP contribution >= 0.6 is 11.3 Å². The lowest BCUT2D eigenvalue weighted by atomic mass is 9.61. The minimum atomic E-state index is -0.637. The normalized spacial score (nSPS) is 35.4. The van der Waals surface area contributed by atoms with Crippen molar-refractivity contribution in [1.82, 2.24) is 4.98 Å². The number of aliphatic hydroxyl groups excluding tert-OH is 3. The van der Waals surface area contributed by atoms with E-state index in [9.17, 15) is 15.3 Å². The topological polar surface area (TPSA) is 73.6 Å². The minimum absolute atomic E-state index is 0.162. The monoisotopic (exact) mass is 565 g/mol. The van der Waals surface area contributed by atoms with Crippen molar-refractivity contribution >= 4 is 11.3 Å². The summed E-state index contributed by atoms with van der Waals surface area (Å²) in [7, 11) is 0. The summed E-state index contributed by atoms with van der Waals surface area (Å²) in [4.78, 5) is 4.96. The van der Waals surface area contributed by atoms with E-state index < -0.39 is 18.3 Å². The zero-order valence-corrected chi connectivity index (χ0v) is 25.8. The maximum atomic E-state index is 11.3. The number of unbranched alkanes of at least 4 members (excludes halogenated alkanes) is 2. The van der Waals surface area contributed by atoms with Gasteiger partial charge in [0.05, 0.1) is 29.4 Å². The molecule has 0 aromatic carbocycles. The van der Waals surface area contributed by atoms with Gasteiger partial charge in [0.15, 0.2) is 0 Å². The lowest BCUT2D eigenvalue weighted by Gasteiger charge is -2.44. The lowest BCUT2D eigenvalue weighted by Crippen LogP contribution is -2.35. The highest BCUT2D eigenvalue weighted by Crippen LogP contribution is 2.60. The van der Waals surface area contributed by atoms with Crippen molar-refractivity contribution in [3.05, 3.63) is 63.7 Å². The number of hydrogen-bond acceptors (Lipinski definition) is 5. The largest absolute Gasteiger partial charge is 0.393 e. The maximum Gasteiger partial charge on any atom is 0.102 e. The Morgan fingerprint density at radius 3 is 2.70 bits per heavy atom. The third kappa shape index (κ3) is 6.00. The molecule has 0 bridgehead atoms. The molecule has 1 unspecified atom stereocenters. The Morgan fingerprint density at radius 2 is 1.95 bits per heavy atom. The van der Waals surface area contributed by atoms with Crippen molar-refractivity contribution < 1.29 is 15.3 Å². The van der Waals surface area contributed by atoms with Crippen molar-refractivity contribution in [3.8, 4) is 0 Å². The molecule has 1 heterocycles. The third-order valence-corrected chi connectivity index (χ3v) is 12.0. The molecule has 4 nitrogen and oxygen atoms in total. The van der Waals surface area contributed by atoms with Crippen LogP contribution in [0.5, 0.6) is 0 Å². The van der Waals surface area contributed by atoms with Crippen LogP contribution in [0.4, 0.5) is 0 Å². The number of allylic oxidation sites excluding steroid dienone is 4. The van der Waals surface area contributed by atoms with Gasteiger partial charge in [-0.1, -0.05) is 70.1 Å². The van der Waals surface area contributed by atoms with Gasteiger partial charge in [0.2, 0.25) is 0 Å². The van der Waals surface area contributed by atoms with Gasteiger partial charge in [0.1, 0.15) is 5.01 Å². The highest BCUT2D eigenvalue weighted by molar-refractivity contribution is 7.09. The summed E-state index contributed by atoms with van der Waals surface area (Å²) in [6.45, 7) is 11.2. The molecule has 220 valence electrons. The zero-order chi connectivity index (χ0) is 28.5. The molecule has 40 heavy (non-hydrogen) atoms. The number of fused-ring (bicyclic) bond motifs is 1. The number of nitrogens with zero attached hydrogens (tertiary/aromatic N) is 1. The summed E-state index contributed by atoms with van der Waals surface area (Å²) < 4.78 is 0. The number of thiazole rings is 1. The molecular weight excluding hydrogens is 514 g/mol. The molecule has 0 amide bonds. The number of hydrogen-bond donors (Lipinski definition) is 3. The summed E-state index contributed by atoms with van der Waals surface area (Å²) in [6.07, 6.45) is 21.0. The van der Waals surface area contributed by atoms with E-state index in [1.807, 2.05) is 0 Å². The lowest BCUT2D eigenvalue weighted by molar-refractivity contribution is 0.0862. The van der Waals surface area contributed by atoms with Crippen LogP contribution in [-0.4, -0.2) is 38.6 Å². The van der Waals surface area contributed by atoms with Gasteiger partial charge < -0.3 is 15.3 Å². The van der Waals surface area contributed by atoms with Crippen LogP contribution in [0.15, 0.2) is 53.0 Å². The highest BCUT2D eigenvalue weighted by Gasteiger charge is 2.53. The molecule has 7 atom stereocenters. The van der Waals surface area contributed by atoms with Crippen molar-refractivity contribution in [2.75, 3.05) is 0 Å². The van der Waals surface area contributed by atoms with Gasteiger partial charge in [0, 0.05) is 11.8 Å². The third-order valence-electron chi connectivity index (χ3n) is 10.9. The van der Waals surface area contributed by atoms with Gasteiger partial charge in [-0.05, 0) is 98.5 Å². The minimum Gasteiger partial charge on any atom is -0.393 e. The second-order valence-electron chi connectivity index (χ2n) is 13.6. The first-order chi connectivity index (χ1) is 19.2. The van der Waals surface area contributed by atoms with Crippen molar-refractivity contribution in [1.29, 1.82) is 0 Å². The number of rotatable bonds is 10. The molecule has 4 aliphatic rings. The number of aryl methyl sites for hydroxylation is 1. The summed E-state index contributed by atoms with van der Waals surface area (Å²) >= 11 is 1.75. The molecule has 0 aliphatic heterocycles. The van der Waals surface area contributed by atoms with E-state index in [1.54, 1.807) is 11.3 Å². The van der Waals surface area contributed by atoms with Crippen LogP contribution in [0, 0.1) is 23.2 Å². The Balaban J connectivity index is 1.24. The molecule has 4 aliphatic carbocycles. The van der Waals surface area contributed by atoms with Gasteiger partial charge in [0.25, 0.3) is 0 Å². The molecule has 0 spiro atoms. The molecule has 3 N–H and O–H groups in total. The van der Waals surface area contributed by atoms with Gasteiger partial charge in [-0.2, -0.15) is 0 Å². The van der Waals surface area contributed by atoms with Crippen molar-refractivity contribution in [2.24, 2.45) is 23.2 Å². The van der Waals surface area contributed by atoms with E-state index in [4.69, 9.17) is 4.98 Å². The standard InChI is InChI=1S/C35H51NO3S/c1-5-6-7-10-27-22-40-33(36-27)35(18-19-35)32(39)16-11-23(2)29-14-15-30-25(9-8-17-34(29,30)4)12-13-26-20-28(37)21-31(38)24(26)3/h11-13,16,22-23,28-32,37-39H,3,5-10,14-15,17-21H2,1-2,4H3/b16-11+,25-12+,26-13-/t23-,28+,29+,30-,31?,32-,34+/m0/s1. The molecule has 0 saturated heterocycles. The van der Waals surface area contributed by atoms with Gasteiger partial charge in [-0.25, -0.2) is 4.98 Å². The van der Waals surface area contributed by atoms with Crippen LogP contribution in [0.3, 0.4) is 0 Å². The molecule has 1 aromatic heterocycles. The molecular formula is C35H51NO3S. The summed E-state index contributed by atoms with van der Waals surface area (Å²) in [5, 5.41) is 35.1. The Bertz CT molecular complexity index is 1140. The van der Waals surface area contributed by atoms with E-state index in [-0.39, 0.29) is 10.8 Å². The first-order valence-corrected chi connectivity index (χ1v) is 16.8. The maximum absolute atomic E-state index is 11.3. The van der Waals surface area contributed by atoms with Crippen molar-refractivity contribution in [2.45, 2.75) is 128 Å². The van der Waals surface area contributed by atoms with Gasteiger partial charge in [-0.15, -0.1) is 11.3 Å². The predicted octanol–water partition coefficient (Wildman–Crippen LogP) is 7.60. The summed E-state index contributed by atoms with van der Waals surface area (Å²) in [6, 6.07) is 0. The van der Waals surface area contributed by atoms with E-state index in [1.165, 1.54) is 56.2 Å². The molecule has 5 heteroatoms. The average molecular weight is 566 g/mol. The molecule has 5 rings (SSSR count).